The second-order valence-electron chi connectivity index (χ2n) is 4.82. The van der Waals surface area contributed by atoms with Crippen molar-refractivity contribution in [3.8, 4) is 0 Å². The molecule has 1 fully saturated rings. The first-order valence-electron chi connectivity index (χ1n) is 6.18. The molecule has 20 heavy (non-hydrogen) atoms. The van der Waals surface area contributed by atoms with Gasteiger partial charge >= 0.3 is 0 Å². The van der Waals surface area contributed by atoms with Gasteiger partial charge in [-0.05, 0) is 22.9 Å². The van der Waals surface area contributed by atoms with E-state index in [1.807, 2.05) is 4.90 Å². The summed E-state index contributed by atoms with van der Waals surface area (Å²) in [4.78, 5) is 15.1. The zero-order valence-corrected chi connectivity index (χ0v) is 14.0. The van der Waals surface area contributed by atoms with Gasteiger partial charge in [0.25, 0.3) is 10.0 Å². The summed E-state index contributed by atoms with van der Waals surface area (Å²) in [6.07, 6.45) is 1.12. The van der Waals surface area contributed by atoms with Crippen LogP contribution in [0.15, 0.2) is 4.47 Å². The first-order chi connectivity index (χ1) is 9.21. The molecule has 1 aromatic heterocycles. The first kappa shape index (κ1) is 15.3. The highest BCUT2D eigenvalue weighted by molar-refractivity contribution is 9.10. The third-order valence-corrected chi connectivity index (χ3v) is 5.24. The van der Waals surface area contributed by atoms with Gasteiger partial charge in [0, 0.05) is 33.1 Å². The van der Waals surface area contributed by atoms with Crippen molar-refractivity contribution >= 4 is 37.7 Å². The fourth-order valence-electron chi connectivity index (χ4n) is 2.21. The van der Waals surface area contributed by atoms with E-state index < -0.39 is 10.0 Å². The highest BCUT2D eigenvalue weighted by Crippen LogP contribution is 2.29. The Labute approximate surface area is 126 Å². The highest BCUT2D eigenvalue weighted by atomic mass is 79.9. The molecule has 0 spiro atoms. The van der Waals surface area contributed by atoms with Crippen LogP contribution >= 0.6 is 15.9 Å². The molecule has 9 heteroatoms. The molecule has 0 radical (unpaired) electrons. The maximum atomic E-state index is 11.7. The second-order valence-corrected chi connectivity index (χ2v) is 7.43. The predicted octanol–water partition coefficient (Wildman–Crippen LogP) is 0.430. The number of rotatable bonds is 2. The first-order valence-corrected chi connectivity index (χ1v) is 8.82. The molecule has 0 unspecified atom stereocenters. The number of carbonyl (C=O) groups is 1. The quantitative estimate of drug-likeness (QED) is 0.760. The molecule has 0 aliphatic carbocycles. The van der Waals surface area contributed by atoms with Crippen LogP contribution < -0.4 is 4.90 Å². The van der Waals surface area contributed by atoms with Crippen LogP contribution in [0, 0.1) is 6.92 Å². The van der Waals surface area contributed by atoms with E-state index in [0.29, 0.717) is 42.2 Å². The van der Waals surface area contributed by atoms with Gasteiger partial charge in [0.05, 0.1) is 16.4 Å². The van der Waals surface area contributed by atoms with Crippen LogP contribution in [0.5, 0.6) is 0 Å². The minimum absolute atomic E-state index is 0.0570. The van der Waals surface area contributed by atoms with E-state index >= 15 is 0 Å². The third kappa shape index (κ3) is 2.83. The molecule has 2 rings (SSSR count). The summed E-state index contributed by atoms with van der Waals surface area (Å²) in [6.45, 7) is 5.76. The van der Waals surface area contributed by atoms with Crippen LogP contribution in [0.4, 0.5) is 5.82 Å². The Morgan fingerprint density at radius 1 is 1.25 bits per heavy atom. The molecular formula is C11H17BrN4O3S. The monoisotopic (exact) mass is 364 g/mol. The topological polar surface area (TPSA) is 75.5 Å². The molecule has 0 aromatic carbocycles. The van der Waals surface area contributed by atoms with Gasteiger partial charge in [-0.25, -0.2) is 8.42 Å². The van der Waals surface area contributed by atoms with E-state index in [2.05, 4.69) is 21.0 Å². The van der Waals surface area contributed by atoms with E-state index in [4.69, 9.17) is 0 Å². The lowest BCUT2D eigenvalue weighted by Crippen LogP contribution is -2.48. The molecule has 1 amide bonds. The number of carbonyl (C=O) groups excluding carboxylic acids is 1. The Morgan fingerprint density at radius 3 is 2.20 bits per heavy atom. The van der Waals surface area contributed by atoms with Crippen molar-refractivity contribution in [3.05, 3.63) is 10.2 Å². The van der Waals surface area contributed by atoms with Crippen molar-refractivity contribution < 1.29 is 13.2 Å². The van der Waals surface area contributed by atoms with Gasteiger partial charge in [0.15, 0.2) is 5.82 Å². The van der Waals surface area contributed by atoms with E-state index in [9.17, 15) is 13.2 Å². The average Bonchev–Trinajstić information content (AvgIpc) is 2.66. The summed E-state index contributed by atoms with van der Waals surface area (Å²) < 4.78 is 25.0. The minimum Gasteiger partial charge on any atom is -0.351 e. The molecule has 0 N–H and O–H groups in total. The smallest absolute Gasteiger partial charge is 0.251 e. The van der Waals surface area contributed by atoms with Gasteiger partial charge in [-0.15, -0.1) is 5.10 Å². The van der Waals surface area contributed by atoms with E-state index in [-0.39, 0.29) is 5.91 Å². The van der Waals surface area contributed by atoms with Crippen molar-refractivity contribution in [1.29, 1.82) is 0 Å². The van der Waals surface area contributed by atoms with Gasteiger partial charge in [0.2, 0.25) is 5.91 Å². The molecule has 7 nitrogen and oxygen atoms in total. The molecule has 1 aromatic rings. The largest absolute Gasteiger partial charge is 0.351 e. The fourth-order valence-corrected chi connectivity index (χ4v) is 3.64. The predicted molar refractivity (Wildman–Crippen MR) is 79.4 cm³/mol. The Morgan fingerprint density at radius 2 is 1.80 bits per heavy atom. The van der Waals surface area contributed by atoms with Crippen molar-refractivity contribution in [1.82, 2.24) is 14.1 Å². The standard InChI is InChI=1S/C11H17BrN4O3S/c1-8-10(12)11(13-16(8)20(3,18)19)15-6-4-14(5-7-15)9(2)17/h4-7H2,1-3H3. The zero-order valence-electron chi connectivity index (χ0n) is 11.6. The highest BCUT2D eigenvalue weighted by Gasteiger charge is 2.25. The van der Waals surface area contributed by atoms with Crippen molar-refractivity contribution in [2.45, 2.75) is 13.8 Å². The van der Waals surface area contributed by atoms with Crippen molar-refractivity contribution in [2.75, 3.05) is 37.3 Å². The number of amides is 1. The lowest BCUT2D eigenvalue weighted by Gasteiger charge is -2.34. The van der Waals surface area contributed by atoms with E-state index in [0.717, 1.165) is 10.3 Å². The van der Waals surface area contributed by atoms with Crippen molar-refractivity contribution in [3.63, 3.8) is 0 Å². The fraction of sp³-hybridized carbons (Fsp3) is 0.636. The number of nitrogens with zero attached hydrogens (tertiary/aromatic N) is 4. The number of anilines is 1. The minimum atomic E-state index is -3.41. The second kappa shape index (κ2) is 5.36. The third-order valence-electron chi connectivity index (χ3n) is 3.33. The van der Waals surface area contributed by atoms with Crippen LogP contribution in [-0.2, 0) is 14.8 Å². The summed E-state index contributed by atoms with van der Waals surface area (Å²) in [6, 6.07) is 0. The average molecular weight is 365 g/mol. The van der Waals surface area contributed by atoms with Gasteiger partial charge in [-0.2, -0.15) is 4.09 Å². The maximum absolute atomic E-state index is 11.7. The number of piperazine rings is 1. The van der Waals surface area contributed by atoms with Crippen LogP contribution in [0.25, 0.3) is 0 Å². The molecular weight excluding hydrogens is 348 g/mol. The van der Waals surface area contributed by atoms with Crippen LogP contribution in [0.1, 0.15) is 12.6 Å². The normalized spacial score (nSPS) is 16.6. The number of hydrogen-bond acceptors (Lipinski definition) is 5. The lowest BCUT2D eigenvalue weighted by atomic mass is 10.3. The van der Waals surface area contributed by atoms with Gasteiger partial charge < -0.3 is 9.80 Å². The Balaban J connectivity index is 2.25. The molecule has 0 saturated carbocycles. The number of halogens is 1. The molecule has 1 aliphatic rings. The van der Waals surface area contributed by atoms with Crippen molar-refractivity contribution in [2.24, 2.45) is 0 Å². The molecule has 0 atom stereocenters. The lowest BCUT2D eigenvalue weighted by molar-refractivity contribution is -0.129. The summed E-state index contributed by atoms with van der Waals surface area (Å²) in [5.74, 6) is 0.665. The summed E-state index contributed by atoms with van der Waals surface area (Å²) in [5.41, 5.74) is 0.552. The van der Waals surface area contributed by atoms with Gasteiger partial charge in [0.1, 0.15) is 0 Å². The Kier molecular flexibility index (Phi) is 4.10. The van der Waals surface area contributed by atoms with Gasteiger partial charge in [-0.3, -0.25) is 4.79 Å². The maximum Gasteiger partial charge on any atom is 0.251 e. The number of aromatic nitrogens is 2. The molecule has 112 valence electrons. The molecule has 1 aliphatic heterocycles. The SMILES string of the molecule is CC(=O)N1CCN(c2nn(S(C)(=O)=O)c(C)c2Br)CC1. The van der Waals surface area contributed by atoms with E-state index in [1.54, 1.807) is 18.7 Å². The van der Waals surface area contributed by atoms with Crippen LogP contribution in [0.3, 0.4) is 0 Å². The summed E-state index contributed by atoms with van der Waals surface area (Å²) in [7, 11) is -3.41. The Hall–Kier alpha value is -1.09. The Bertz CT molecular complexity index is 632. The zero-order chi connectivity index (χ0) is 15.1. The molecule has 1 saturated heterocycles. The van der Waals surface area contributed by atoms with Crippen LogP contribution in [0.2, 0.25) is 0 Å². The summed E-state index contributed by atoms with van der Waals surface area (Å²) in [5, 5.41) is 4.18. The number of hydrogen-bond donors (Lipinski definition) is 0. The van der Waals surface area contributed by atoms with Gasteiger partial charge in [-0.1, -0.05) is 0 Å². The van der Waals surface area contributed by atoms with E-state index in [1.165, 1.54) is 0 Å². The van der Waals surface area contributed by atoms with Crippen LogP contribution in [-0.4, -0.2) is 60.8 Å². The molecule has 2 heterocycles. The summed E-state index contributed by atoms with van der Waals surface area (Å²) >= 11 is 3.40. The molecule has 0 bridgehead atoms.